The van der Waals surface area contributed by atoms with Crippen molar-refractivity contribution in [3.05, 3.63) is 29.3 Å². The van der Waals surface area contributed by atoms with Crippen molar-refractivity contribution >= 4 is 15.9 Å². The number of primary amides is 1. The van der Waals surface area contributed by atoms with Crippen LogP contribution in [-0.4, -0.2) is 54.1 Å². The fourth-order valence-corrected chi connectivity index (χ4v) is 3.61. The Kier molecular flexibility index (Phi) is 3.83. The number of aliphatic hydroxyl groups excluding tert-OH is 2. The molecule has 1 aromatic carbocycles. The molecule has 1 aliphatic rings. The number of sulfonamides is 1. The zero-order chi connectivity index (χ0) is 15.1. The minimum atomic E-state index is -3.87. The number of nitrogens with two attached hydrogens (primary N) is 1. The van der Waals surface area contributed by atoms with Crippen molar-refractivity contribution in [1.82, 2.24) is 4.31 Å². The van der Waals surface area contributed by atoms with E-state index in [9.17, 15) is 23.4 Å². The Bertz CT molecular complexity index is 633. The third-order valence-corrected chi connectivity index (χ3v) is 5.17. The number of benzene rings is 1. The second kappa shape index (κ2) is 5.13. The Morgan fingerprint density at radius 2 is 1.85 bits per heavy atom. The average Bonchev–Trinajstić information content (AvgIpc) is 2.70. The number of aryl methyl sites for hydroxylation is 1. The third-order valence-electron chi connectivity index (χ3n) is 3.34. The summed E-state index contributed by atoms with van der Waals surface area (Å²) in [6, 6.07) is 4.08. The van der Waals surface area contributed by atoms with E-state index in [1.807, 2.05) is 0 Å². The van der Waals surface area contributed by atoms with Crippen molar-refractivity contribution in [2.75, 3.05) is 13.1 Å². The van der Waals surface area contributed by atoms with Crippen LogP contribution < -0.4 is 5.73 Å². The van der Waals surface area contributed by atoms with Crippen LogP contribution in [0.2, 0.25) is 0 Å². The summed E-state index contributed by atoms with van der Waals surface area (Å²) in [6.07, 6.45) is -2.21. The van der Waals surface area contributed by atoms with E-state index in [4.69, 9.17) is 5.73 Å². The first-order chi connectivity index (χ1) is 9.23. The zero-order valence-electron chi connectivity index (χ0n) is 10.9. The predicted octanol–water partition coefficient (Wildman–Crippen LogP) is -1.18. The second-order valence-corrected chi connectivity index (χ2v) is 6.74. The van der Waals surface area contributed by atoms with Crippen LogP contribution in [0.1, 0.15) is 15.9 Å². The molecule has 1 aromatic rings. The highest BCUT2D eigenvalue weighted by Crippen LogP contribution is 2.23. The second-order valence-electron chi connectivity index (χ2n) is 4.80. The van der Waals surface area contributed by atoms with E-state index in [-0.39, 0.29) is 23.5 Å². The molecular formula is C12H16N2O5S. The van der Waals surface area contributed by atoms with Gasteiger partial charge in [0.05, 0.1) is 17.1 Å². The molecule has 110 valence electrons. The first-order valence-electron chi connectivity index (χ1n) is 6.00. The monoisotopic (exact) mass is 300 g/mol. The Labute approximate surface area is 116 Å². The minimum absolute atomic E-state index is 0.0850. The topological polar surface area (TPSA) is 121 Å². The molecule has 7 nitrogen and oxygen atoms in total. The maximum atomic E-state index is 12.4. The lowest BCUT2D eigenvalue weighted by Gasteiger charge is -2.16. The lowest BCUT2D eigenvalue weighted by atomic mass is 10.1. The molecule has 1 saturated heterocycles. The van der Waals surface area contributed by atoms with Gasteiger partial charge in [-0.1, -0.05) is 6.07 Å². The maximum absolute atomic E-state index is 12.4. The maximum Gasteiger partial charge on any atom is 0.249 e. The molecule has 0 aliphatic carbocycles. The van der Waals surface area contributed by atoms with Crippen LogP contribution in [0, 0.1) is 6.92 Å². The van der Waals surface area contributed by atoms with Crippen LogP contribution in [0.15, 0.2) is 23.1 Å². The van der Waals surface area contributed by atoms with Gasteiger partial charge < -0.3 is 15.9 Å². The molecule has 8 heteroatoms. The van der Waals surface area contributed by atoms with Gasteiger partial charge in [-0.25, -0.2) is 8.42 Å². The lowest BCUT2D eigenvalue weighted by Crippen LogP contribution is -2.30. The predicted molar refractivity (Wildman–Crippen MR) is 70.5 cm³/mol. The standard InChI is InChI=1S/C12H16N2O5S/c1-7-2-3-8(4-9(7)12(13)17)20(18,19)14-5-10(15)11(16)6-14/h2-4,10-11,15-16H,5-6H2,1H3,(H2,13,17). The molecule has 0 spiro atoms. The van der Waals surface area contributed by atoms with Crippen molar-refractivity contribution < 1.29 is 23.4 Å². The molecule has 1 aliphatic heterocycles. The molecule has 2 atom stereocenters. The SMILES string of the molecule is Cc1ccc(S(=O)(=O)N2CC(O)C(O)C2)cc1C(N)=O. The van der Waals surface area contributed by atoms with Crippen molar-refractivity contribution in [1.29, 1.82) is 0 Å². The summed E-state index contributed by atoms with van der Waals surface area (Å²) in [4.78, 5) is 11.2. The molecule has 0 saturated carbocycles. The van der Waals surface area contributed by atoms with Gasteiger partial charge in [0.1, 0.15) is 0 Å². The third kappa shape index (κ3) is 2.55. The molecule has 2 unspecified atom stereocenters. The number of amides is 1. The molecule has 4 N–H and O–H groups in total. The summed E-state index contributed by atoms with van der Waals surface area (Å²) in [6.45, 7) is 1.30. The lowest BCUT2D eigenvalue weighted by molar-refractivity contribution is 0.0572. The number of aliphatic hydroxyl groups is 2. The first kappa shape index (κ1) is 14.9. The van der Waals surface area contributed by atoms with E-state index in [0.717, 1.165) is 4.31 Å². The van der Waals surface area contributed by atoms with Crippen LogP contribution in [0.25, 0.3) is 0 Å². The van der Waals surface area contributed by atoms with Gasteiger partial charge in [0.15, 0.2) is 0 Å². The van der Waals surface area contributed by atoms with E-state index in [1.54, 1.807) is 6.92 Å². The molecule has 2 rings (SSSR count). The highest BCUT2D eigenvalue weighted by molar-refractivity contribution is 7.89. The van der Waals surface area contributed by atoms with Gasteiger partial charge in [0.2, 0.25) is 15.9 Å². The fourth-order valence-electron chi connectivity index (χ4n) is 2.11. The van der Waals surface area contributed by atoms with Crippen molar-refractivity contribution in [2.45, 2.75) is 24.0 Å². The number of nitrogens with zero attached hydrogens (tertiary/aromatic N) is 1. The largest absolute Gasteiger partial charge is 0.389 e. The normalized spacial score (nSPS) is 23.9. The summed E-state index contributed by atoms with van der Waals surface area (Å²) < 4.78 is 25.7. The smallest absolute Gasteiger partial charge is 0.249 e. The summed E-state index contributed by atoms with van der Waals surface area (Å²) in [5.74, 6) is -0.707. The Morgan fingerprint density at radius 1 is 1.30 bits per heavy atom. The van der Waals surface area contributed by atoms with Gasteiger partial charge in [0, 0.05) is 18.7 Å². The molecule has 20 heavy (non-hydrogen) atoms. The molecule has 1 heterocycles. The summed E-state index contributed by atoms with van der Waals surface area (Å²) in [5.41, 5.74) is 5.91. The van der Waals surface area contributed by atoms with Crippen LogP contribution in [0.3, 0.4) is 0 Å². The number of rotatable bonds is 3. The number of hydrogen-bond acceptors (Lipinski definition) is 5. The van der Waals surface area contributed by atoms with Crippen LogP contribution >= 0.6 is 0 Å². The van der Waals surface area contributed by atoms with Gasteiger partial charge in [-0.05, 0) is 24.6 Å². The summed E-state index contributed by atoms with van der Waals surface area (Å²) in [7, 11) is -3.87. The average molecular weight is 300 g/mol. The van der Waals surface area contributed by atoms with Gasteiger partial charge in [0.25, 0.3) is 0 Å². The Hall–Kier alpha value is -1.48. The number of carbonyl (C=O) groups is 1. The van der Waals surface area contributed by atoms with Gasteiger partial charge in [-0.3, -0.25) is 4.79 Å². The number of β-amino-alcohol motifs (C(OH)–C–C–N with tert-alkyl or cyclic N) is 2. The summed E-state index contributed by atoms with van der Waals surface area (Å²) >= 11 is 0. The quantitative estimate of drug-likeness (QED) is 0.649. The molecule has 0 aromatic heterocycles. The highest BCUT2D eigenvalue weighted by atomic mass is 32.2. The van der Waals surface area contributed by atoms with E-state index < -0.39 is 28.1 Å². The van der Waals surface area contributed by atoms with Crippen molar-refractivity contribution in [3.63, 3.8) is 0 Å². The molecule has 1 fully saturated rings. The zero-order valence-corrected chi connectivity index (χ0v) is 11.7. The van der Waals surface area contributed by atoms with E-state index >= 15 is 0 Å². The van der Waals surface area contributed by atoms with E-state index in [0.29, 0.717) is 5.56 Å². The molecule has 0 radical (unpaired) electrons. The minimum Gasteiger partial charge on any atom is -0.389 e. The molecule has 1 amide bonds. The van der Waals surface area contributed by atoms with Crippen molar-refractivity contribution in [2.24, 2.45) is 5.73 Å². The van der Waals surface area contributed by atoms with Gasteiger partial charge in [-0.2, -0.15) is 4.31 Å². The van der Waals surface area contributed by atoms with Crippen LogP contribution in [0.5, 0.6) is 0 Å². The first-order valence-corrected chi connectivity index (χ1v) is 7.44. The Balaban J connectivity index is 2.40. The number of hydrogen-bond donors (Lipinski definition) is 3. The van der Waals surface area contributed by atoms with Crippen molar-refractivity contribution in [3.8, 4) is 0 Å². The van der Waals surface area contributed by atoms with Crippen LogP contribution in [-0.2, 0) is 10.0 Å². The van der Waals surface area contributed by atoms with E-state index in [2.05, 4.69) is 0 Å². The van der Waals surface area contributed by atoms with E-state index in [1.165, 1.54) is 18.2 Å². The fraction of sp³-hybridized carbons (Fsp3) is 0.417. The van der Waals surface area contributed by atoms with Gasteiger partial charge in [-0.15, -0.1) is 0 Å². The van der Waals surface area contributed by atoms with Gasteiger partial charge >= 0.3 is 0 Å². The van der Waals surface area contributed by atoms with Crippen LogP contribution in [0.4, 0.5) is 0 Å². The molecular weight excluding hydrogens is 284 g/mol. The Morgan fingerprint density at radius 3 is 2.35 bits per heavy atom. The summed E-state index contributed by atoms with van der Waals surface area (Å²) in [5, 5.41) is 18.9. The number of carbonyl (C=O) groups excluding carboxylic acids is 1. The highest BCUT2D eigenvalue weighted by Gasteiger charge is 2.37. The molecule has 0 bridgehead atoms.